The van der Waals surface area contributed by atoms with Crippen molar-refractivity contribution in [3.8, 4) is 0 Å². The molecule has 2 aliphatic rings. The Morgan fingerprint density at radius 2 is 2.00 bits per heavy atom. The third kappa shape index (κ3) is 1.78. The average Bonchev–Trinajstić information content (AvgIpc) is 2.37. The first-order chi connectivity index (χ1) is 9.38. The van der Waals surface area contributed by atoms with Gasteiger partial charge in [0.1, 0.15) is 0 Å². The highest BCUT2D eigenvalue weighted by molar-refractivity contribution is 5.85. The molecular weight excluding hydrogens is 242 g/mol. The average molecular weight is 269 g/mol. The molecule has 0 amide bonds. The molecule has 0 saturated heterocycles. The molecule has 0 aromatic heterocycles. The van der Waals surface area contributed by atoms with Gasteiger partial charge in [0.15, 0.2) is 0 Å². The van der Waals surface area contributed by atoms with Gasteiger partial charge in [0.25, 0.3) is 0 Å². The van der Waals surface area contributed by atoms with Gasteiger partial charge in [0.05, 0.1) is 0 Å². The van der Waals surface area contributed by atoms with Crippen molar-refractivity contribution < 1.29 is 0 Å². The van der Waals surface area contributed by atoms with Crippen LogP contribution in [0.25, 0.3) is 0 Å². The van der Waals surface area contributed by atoms with E-state index >= 15 is 0 Å². The van der Waals surface area contributed by atoms with Crippen molar-refractivity contribution >= 4 is 5.71 Å². The molecule has 108 valence electrons. The van der Waals surface area contributed by atoms with Gasteiger partial charge in [-0.25, -0.2) is 0 Å². The van der Waals surface area contributed by atoms with Crippen LogP contribution < -0.4 is 0 Å². The number of hydrogen-bond acceptors (Lipinski definition) is 1. The van der Waals surface area contributed by atoms with Gasteiger partial charge in [0.2, 0.25) is 0 Å². The van der Waals surface area contributed by atoms with E-state index in [0.29, 0.717) is 5.92 Å². The maximum absolute atomic E-state index is 8.31. The van der Waals surface area contributed by atoms with Crippen LogP contribution in [-0.4, -0.2) is 5.71 Å². The predicted octanol–water partition coefficient (Wildman–Crippen LogP) is 5.04. The monoisotopic (exact) mass is 269 g/mol. The lowest BCUT2D eigenvalue weighted by Crippen LogP contribution is -2.51. The highest BCUT2D eigenvalue weighted by atomic mass is 14.6. The second kappa shape index (κ2) is 4.44. The Balaban J connectivity index is 2.12. The van der Waals surface area contributed by atoms with E-state index in [2.05, 4.69) is 39.0 Å². The van der Waals surface area contributed by atoms with Crippen molar-refractivity contribution in [2.75, 3.05) is 0 Å². The Kier molecular flexibility index (Phi) is 3.08. The summed E-state index contributed by atoms with van der Waals surface area (Å²) in [5, 5.41) is 8.31. The normalized spacial score (nSPS) is 36.1. The van der Waals surface area contributed by atoms with E-state index in [-0.39, 0.29) is 10.8 Å². The summed E-state index contributed by atoms with van der Waals surface area (Å²) in [6.45, 7) is 9.03. The fourth-order valence-corrected chi connectivity index (χ4v) is 5.07. The Labute approximate surface area is 123 Å². The lowest BCUT2D eigenvalue weighted by Gasteiger charge is -2.55. The van der Waals surface area contributed by atoms with Crippen LogP contribution >= 0.6 is 0 Å². The maximum atomic E-state index is 8.31. The number of fused-ring (bicyclic) bond motifs is 3. The van der Waals surface area contributed by atoms with Crippen LogP contribution in [0.1, 0.15) is 63.1 Å². The smallest absolute Gasteiger partial charge is 0.0120 e. The summed E-state index contributed by atoms with van der Waals surface area (Å²) in [6.07, 6.45) is 6.19. The molecule has 1 N–H and O–H groups in total. The number of rotatable bonds is 1. The van der Waals surface area contributed by atoms with Crippen LogP contribution in [0.3, 0.4) is 0 Å². The van der Waals surface area contributed by atoms with Crippen molar-refractivity contribution in [1.82, 2.24) is 0 Å². The summed E-state index contributed by atoms with van der Waals surface area (Å²) in [5.41, 5.74) is 5.80. The molecule has 1 nitrogen and oxygen atoms in total. The van der Waals surface area contributed by atoms with Gasteiger partial charge in [-0.3, -0.25) is 0 Å². The quantitative estimate of drug-likeness (QED) is 0.690. The zero-order valence-corrected chi connectivity index (χ0v) is 13.3. The predicted molar refractivity (Wildman–Crippen MR) is 85.7 cm³/mol. The van der Waals surface area contributed by atoms with Crippen LogP contribution in [-0.2, 0) is 11.8 Å². The number of hydrogen-bond donors (Lipinski definition) is 1. The molecule has 3 atom stereocenters. The van der Waals surface area contributed by atoms with E-state index in [1.165, 1.54) is 37.7 Å². The lowest BCUT2D eigenvalue weighted by molar-refractivity contribution is 0.0766. The van der Waals surface area contributed by atoms with Gasteiger partial charge in [-0.1, -0.05) is 44.0 Å². The maximum Gasteiger partial charge on any atom is 0.0120 e. The molecule has 3 unspecified atom stereocenters. The van der Waals surface area contributed by atoms with Gasteiger partial charge >= 0.3 is 0 Å². The third-order valence-electron chi connectivity index (χ3n) is 6.37. The molecular formula is C19H27N. The Bertz CT molecular complexity index is 559. The first kappa shape index (κ1) is 13.9. The molecule has 1 aromatic carbocycles. The number of nitrogens with one attached hydrogen (secondary N) is 1. The molecule has 0 aliphatic heterocycles. The number of benzene rings is 1. The lowest BCUT2D eigenvalue weighted by atomic mass is 9.49. The largest absolute Gasteiger partial charge is 0.309 e. The molecule has 3 rings (SSSR count). The highest BCUT2D eigenvalue weighted by Gasteiger charge is 2.52. The van der Waals surface area contributed by atoms with E-state index in [0.717, 1.165) is 5.71 Å². The van der Waals surface area contributed by atoms with E-state index in [1.807, 2.05) is 6.92 Å². The Morgan fingerprint density at radius 1 is 1.25 bits per heavy atom. The van der Waals surface area contributed by atoms with E-state index in [4.69, 9.17) is 5.41 Å². The molecule has 0 radical (unpaired) electrons. The molecule has 1 fully saturated rings. The van der Waals surface area contributed by atoms with E-state index in [9.17, 15) is 0 Å². The summed E-state index contributed by atoms with van der Waals surface area (Å²) in [5.74, 6) is 0.636. The van der Waals surface area contributed by atoms with Gasteiger partial charge in [-0.15, -0.1) is 0 Å². The van der Waals surface area contributed by atoms with Crippen molar-refractivity contribution in [3.63, 3.8) is 0 Å². The second-order valence-corrected chi connectivity index (χ2v) is 7.57. The summed E-state index contributed by atoms with van der Waals surface area (Å²) in [6, 6.07) is 7.04. The first-order valence-electron chi connectivity index (χ1n) is 8.03. The minimum absolute atomic E-state index is 0.107. The van der Waals surface area contributed by atoms with Crippen molar-refractivity contribution in [2.24, 2.45) is 11.3 Å². The molecule has 1 saturated carbocycles. The Hall–Kier alpha value is -1.11. The zero-order valence-electron chi connectivity index (χ0n) is 13.3. The Morgan fingerprint density at radius 3 is 2.70 bits per heavy atom. The van der Waals surface area contributed by atoms with Gasteiger partial charge in [-0.2, -0.15) is 0 Å². The second-order valence-electron chi connectivity index (χ2n) is 7.57. The fourth-order valence-electron chi connectivity index (χ4n) is 5.07. The SMILES string of the molecule is CC(=N)C1(C)CCCC2(C)c3ccc(C)cc3CCC12. The van der Waals surface area contributed by atoms with Crippen molar-refractivity contribution in [1.29, 1.82) is 5.41 Å². The van der Waals surface area contributed by atoms with E-state index < -0.39 is 0 Å². The zero-order chi connectivity index (χ0) is 14.5. The van der Waals surface area contributed by atoms with Crippen LogP contribution in [0.2, 0.25) is 0 Å². The van der Waals surface area contributed by atoms with Crippen LogP contribution in [0.4, 0.5) is 0 Å². The third-order valence-corrected chi connectivity index (χ3v) is 6.37. The molecule has 20 heavy (non-hydrogen) atoms. The molecule has 0 heterocycles. The van der Waals surface area contributed by atoms with Gasteiger partial charge < -0.3 is 5.41 Å². The van der Waals surface area contributed by atoms with Crippen LogP contribution in [0.15, 0.2) is 18.2 Å². The van der Waals surface area contributed by atoms with Crippen LogP contribution in [0.5, 0.6) is 0 Å². The summed E-state index contributed by atoms with van der Waals surface area (Å²) >= 11 is 0. The molecule has 0 spiro atoms. The van der Waals surface area contributed by atoms with Crippen LogP contribution in [0, 0.1) is 23.7 Å². The molecule has 0 bridgehead atoms. The number of aryl methyl sites for hydroxylation is 2. The van der Waals surface area contributed by atoms with E-state index in [1.54, 1.807) is 11.1 Å². The minimum atomic E-state index is 0.107. The fraction of sp³-hybridized carbons (Fsp3) is 0.632. The topological polar surface area (TPSA) is 23.9 Å². The molecule has 1 heteroatoms. The van der Waals surface area contributed by atoms with Gasteiger partial charge in [-0.05, 0) is 62.0 Å². The molecule has 2 aliphatic carbocycles. The summed E-state index contributed by atoms with van der Waals surface area (Å²) in [7, 11) is 0. The van der Waals surface area contributed by atoms with Crippen molar-refractivity contribution in [2.45, 2.75) is 65.2 Å². The minimum Gasteiger partial charge on any atom is -0.309 e. The summed E-state index contributed by atoms with van der Waals surface area (Å²) < 4.78 is 0. The summed E-state index contributed by atoms with van der Waals surface area (Å²) in [4.78, 5) is 0. The highest BCUT2D eigenvalue weighted by Crippen LogP contribution is 2.57. The first-order valence-corrected chi connectivity index (χ1v) is 8.03. The van der Waals surface area contributed by atoms with Crippen molar-refractivity contribution in [3.05, 3.63) is 34.9 Å². The standard InChI is InChI=1S/C19H27N/c1-13-6-8-16-15(12-13)7-9-17-18(3,14(2)20)10-5-11-19(16,17)4/h6,8,12,17,20H,5,7,9-11H2,1-4H3. The van der Waals surface area contributed by atoms with Gasteiger partial charge in [0, 0.05) is 11.1 Å². The molecule has 1 aromatic rings.